The van der Waals surface area contributed by atoms with E-state index < -0.39 is 0 Å². The van der Waals surface area contributed by atoms with Crippen molar-refractivity contribution in [2.75, 3.05) is 11.4 Å². The van der Waals surface area contributed by atoms with Crippen molar-refractivity contribution < 1.29 is 4.79 Å². The zero-order valence-corrected chi connectivity index (χ0v) is 11.1. The van der Waals surface area contributed by atoms with Crippen LogP contribution in [0.25, 0.3) is 0 Å². The number of Topliss-reactive ketones (excluding diaryl/α,β-unsaturated/α-hetero) is 1. The van der Waals surface area contributed by atoms with Gasteiger partial charge in [0.25, 0.3) is 0 Å². The third kappa shape index (κ3) is 2.05. The molecule has 1 aliphatic heterocycles. The third-order valence-electron chi connectivity index (χ3n) is 4.44. The van der Waals surface area contributed by atoms with E-state index in [1.54, 1.807) is 0 Å². The molecule has 2 unspecified atom stereocenters. The van der Waals surface area contributed by atoms with Gasteiger partial charge in [-0.2, -0.15) is 0 Å². The monoisotopic (exact) mass is 243 g/mol. The van der Waals surface area contributed by atoms with Crippen molar-refractivity contribution >= 4 is 11.5 Å². The summed E-state index contributed by atoms with van der Waals surface area (Å²) in [6.07, 6.45) is 5.95. The summed E-state index contributed by atoms with van der Waals surface area (Å²) in [5.41, 5.74) is 2.11. The molecule has 1 saturated carbocycles. The van der Waals surface area contributed by atoms with Gasteiger partial charge in [-0.15, -0.1) is 0 Å². The van der Waals surface area contributed by atoms with Crippen LogP contribution in [0.5, 0.6) is 0 Å². The zero-order valence-electron chi connectivity index (χ0n) is 11.1. The molecule has 1 fully saturated rings. The van der Waals surface area contributed by atoms with Crippen molar-refractivity contribution in [1.29, 1.82) is 0 Å². The lowest BCUT2D eigenvalue weighted by atomic mass is 9.85. The number of hydrogen-bond donors (Lipinski definition) is 0. The number of fused-ring (bicyclic) bond motifs is 1. The van der Waals surface area contributed by atoms with Crippen LogP contribution >= 0.6 is 0 Å². The number of nitrogens with zero attached hydrogens (tertiary/aromatic N) is 1. The summed E-state index contributed by atoms with van der Waals surface area (Å²) in [7, 11) is 0. The summed E-state index contributed by atoms with van der Waals surface area (Å²) in [6.45, 7) is 3.26. The van der Waals surface area contributed by atoms with Gasteiger partial charge in [0.2, 0.25) is 0 Å². The molecule has 1 heterocycles. The Morgan fingerprint density at radius 3 is 2.89 bits per heavy atom. The molecule has 18 heavy (non-hydrogen) atoms. The van der Waals surface area contributed by atoms with E-state index in [1.165, 1.54) is 31.4 Å². The van der Waals surface area contributed by atoms with Gasteiger partial charge in [-0.3, -0.25) is 4.79 Å². The Kier molecular flexibility index (Phi) is 3.11. The van der Waals surface area contributed by atoms with Gasteiger partial charge in [0.15, 0.2) is 5.78 Å². The van der Waals surface area contributed by atoms with Crippen LogP contribution in [0, 0.1) is 5.92 Å². The minimum absolute atomic E-state index is 0.311. The fourth-order valence-electron chi connectivity index (χ4n) is 3.50. The molecule has 0 N–H and O–H groups in total. The molecule has 1 aromatic carbocycles. The van der Waals surface area contributed by atoms with E-state index in [2.05, 4.69) is 24.0 Å². The topological polar surface area (TPSA) is 20.3 Å². The molecule has 2 nitrogen and oxygen atoms in total. The second-order valence-electron chi connectivity index (χ2n) is 5.81. The molecule has 0 radical (unpaired) electrons. The Balaban J connectivity index is 1.90. The highest BCUT2D eigenvalue weighted by Crippen LogP contribution is 2.34. The zero-order chi connectivity index (χ0) is 12.5. The molecule has 0 spiro atoms. The molecule has 96 valence electrons. The number of anilines is 1. The highest BCUT2D eigenvalue weighted by molar-refractivity contribution is 6.03. The normalized spacial score (nSPS) is 28.1. The molecule has 0 amide bonds. The predicted octanol–water partition coefficient (Wildman–Crippen LogP) is 3.66. The van der Waals surface area contributed by atoms with Crippen LogP contribution in [0.1, 0.15) is 49.4 Å². The van der Waals surface area contributed by atoms with Gasteiger partial charge in [0, 0.05) is 30.3 Å². The number of benzene rings is 1. The molecule has 2 heteroatoms. The molecular weight excluding hydrogens is 222 g/mol. The van der Waals surface area contributed by atoms with Crippen LogP contribution < -0.4 is 4.90 Å². The standard InChI is InChI=1S/C16H21NO/c1-12-5-4-6-13(11-12)17-10-9-16(18)14-7-2-3-8-15(14)17/h2-3,7-8,12-13H,4-6,9-11H2,1H3. The second-order valence-corrected chi connectivity index (χ2v) is 5.81. The second kappa shape index (κ2) is 4.75. The SMILES string of the molecule is CC1CCCC(N2CCC(=O)c3ccccc32)C1. The number of para-hydroxylation sites is 1. The first-order valence-corrected chi connectivity index (χ1v) is 7.14. The highest BCUT2D eigenvalue weighted by atomic mass is 16.1. The van der Waals surface area contributed by atoms with Crippen LogP contribution in [-0.4, -0.2) is 18.4 Å². The van der Waals surface area contributed by atoms with E-state index in [4.69, 9.17) is 0 Å². The van der Waals surface area contributed by atoms with Crippen LogP contribution in [0.3, 0.4) is 0 Å². The molecule has 1 aliphatic carbocycles. The van der Waals surface area contributed by atoms with Gasteiger partial charge in [0.05, 0.1) is 0 Å². The van der Waals surface area contributed by atoms with Crippen LogP contribution in [-0.2, 0) is 0 Å². The number of carbonyl (C=O) groups is 1. The van der Waals surface area contributed by atoms with Gasteiger partial charge in [-0.1, -0.05) is 31.9 Å². The van der Waals surface area contributed by atoms with Crippen LogP contribution in [0.2, 0.25) is 0 Å². The molecule has 3 rings (SSSR count). The Hall–Kier alpha value is -1.31. The van der Waals surface area contributed by atoms with E-state index in [0.29, 0.717) is 18.2 Å². The van der Waals surface area contributed by atoms with Crippen molar-refractivity contribution in [2.24, 2.45) is 5.92 Å². The third-order valence-corrected chi connectivity index (χ3v) is 4.44. The fourth-order valence-corrected chi connectivity index (χ4v) is 3.50. The number of carbonyl (C=O) groups excluding carboxylic acids is 1. The van der Waals surface area contributed by atoms with Crippen molar-refractivity contribution in [2.45, 2.75) is 45.1 Å². The van der Waals surface area contributed by atoms with E-state index in [0.717, 1.165) is 18.0 Å². The first-order valence-electron chi connectivity index (χ1n) is 7.14. The highest BCUT2D eigenvalue weighted by Gasteiger charge is 2.30. The number of rotatable bonds is 1. The van der Waals surface area contributed by atoms with Crippen molar-refractivity contribution in [3.05, 3.63) is 29.8 Å². The predicted molar refractivity (Wildman–Crippen MR) is 74.2 cm³/mol. The van der Waals surface area contributed by atoms with Gasteiger partial charge >= 0.3 is 0 Å². The minimum atomic E-state index is 0.311. The molecular formula is C16H21NO. The summed E-state index contributed by atoms with van der Waals surface area (Å²) >= 11 is 0. The van der Waals surface area contributed by atoms with Gasteiger partial charge < -0.3 is 4.90 Å². The summed E-state index contributed by atoms with van der Waals surface area (Å²) < 4.78 is 0. The minimum Gasteiger partial charge on any atom is -0.367 e. The Morgan fingerprint density at radius 2 is 2.06 bits per heavy atom. The maximum absolute atomic E-state index is 12.0. The molecule has 2 atom stereocenters. The average Bonchev–Trinajstić information content (AvgIpc) is 2.39. The molecule has 0 saturated heterocycles. The van der Waals surface area contributed by atoms with Gasteiger partial charge in [0.1, 0.15) is 0 Å². The lowest BCUT2D eigenvalue weighted by molar-refractivity contribution is 0.0977. The summed E-state index contributed by atoms with van der Waals surface area (Å²) in [5.74, 6) is 1.14. The van der Waals surface area contributed by atoms with E-state index in [1.807, 2.05) is 12.1 Å². The molecule has 0 bridgehead atoms. The smallest absolute Gasteiger partial charge is 0.166 e. The number of hydrogen-bond acceptors (Lipinski definition) is 2. The quantitative estimate of drug-likeness (QED) is 0.750. The molecule has 2 aliphatic rings. The summed E-state index contributed by atoms with van der Waals surface area (Å²) in [4.78, 5) is 14.4. The lowest BCUT2D eigenvalue weighted by Gasteiger charge is -2.41. The van der Waals surface area contributed by atoms with Crippen molar-refractivity contribution in [3.8, 4) is 0 Å². The van der Waals surface area contributed by atoms with Crippen LogP contribution in [0.15, 0.2) is 24.3 Å². The number of ketones is 1. The maximum atomic E-state index is 12.0. The molecule has 1 aromatic rings. The van der Waals surface area contributed by atoms with Crippen LogP contribution in [0.4, 0.5) is 5.69 Å². The first-order chi connectivity index (χ1) is 8.75. The summed E-state index contributed by atoms with van der Waals surface area (Å²) in [6, 6.07) is 8.77. The summed E-state index contributed by atoms with van der Waals surface area (Å²) in [5, 5.41) is 0. The Morgan fingerprint density at radius 1 is 1.22 bits per heavy atom. The van der Waals surface area contributed by atoms with Crippen molar-refractivity contribution in [3.63, 3.8) is 0 Å². The largest absolute Gasteiger partial charge is 0.367 e. The van der Waals surface area contributed by atoms with E-state index in [9.17, 15) is 4.79 Å². The van der Waals surface area contributed by atoms with Gasteiger partial charge in [-0.05, 0) is 30.9 Å². The fraction of sp³-hybridized carbons (Fsp3) is 0.562. The Bertz CT molecular complexity index is 454. The Labute approximate surface area is 109 Å². The maximum Gasteiger partial charge on any atom is 0.166 e. The first kappa shape index (κ1) is 11.8. The van der Waals surface area contributed by atoms with E-state index in [-0.39, 0.29) is 0 Å². The lowest BCUT2D eigenvalue weighted by Crippen LogP contribution is -2.42. The van der Waals surface area contributed by atoms with Gasteiger partial charge in [-0.25, -0.2) is 0 Å². The molecule has 0 aromatic heterocycles. The van der Waals surface area contributed by atoms with Crippen molar-refractivity contribution in [1.82, 2.24) is 0 Å². The average molecular weight is 243 g/mol. The van der Waals surface area contributed by atoms with E-state index >= 15 is 0 Å².